The summed E-state index contributed by atoms with van der Waals surface area (Å²) in [5.74, 6) is -1.09. The van der Waals surface area contributed by atoms with Crippen LogP contribution in [0.3, 0.4) is 0 Å². The number of nitro benzene ring substituents is 1. The number of nitrogens with one attached hydrogen (secondary N) is 1. The number of carbonyl (C=O) groups is 1. The van der Waals surface area contributed by atoms with E-state index in [1.165, 1.54) is 54.6 Å². The van der Waals surface area contributed by atoms with E-state index in [4.69, 9.17) is 27.9 Å². The van der Waals surface area contributed by atoms with Gasteiger partial charge in [-0.25, -0.2) is 4.39 Å². The number of nitrogens with zero attached hydrogens (tertiary/aromatic N) is 2. The molecule has 0 heterocycles. The molecule has 7 nitrogen and oxygen atoms in total. The molecule has 0 atom stereocenters. The molecule has 0 radical (unpaired) electrons. The zero-order valence-electron chi connectivity index (χ0n) is 16.7. The summed E-state index contributed by atoms with van der Waals surface area (Å²) in [5, 5.41) is 23.2. The third kappa shape index (κ3) is 6.29. The van der Waals surface area contributed by atoms with Crippen LogP contribution in [-0.4, -0.2) is 10.8 Å². The molecule has 0 bridgehead atoms. The van der Waals surface area contributed by atoms with E-state index < -0.39 is 16.6 Å². The molecule has 0 spiro atoms. The third-order valence-corrected chi connectivity index (χ3v) is 4.79. The van der Waals surface area contributed by atoms with Crippen molar-refractivity contribution in [3.63, 3.8) is 0 Å². The molecule has 3 aromatic rings. The average molecular weight is 486 g/mol. The molecule has 0 saturated carbocycles. The van der Waals surface area contributed by atoms with Crippen LogP contribution in [0.25, 0.3) is 6.08 Å². The highest BCUT2D eigenvalue weighted by molar-refractivity contribution is 6.36. The number of amides is 1. The van der Waals surface area contributed by atoms with Gasteiger partial charge in [0, 0.05) is 28.4 Å². The van der Waals surface area contributed by atoms with Crippen molar-refractivity contribution in [3.8, 4) is 11.8 Å². The summed E-state index contributed by atoms with van der Waals surface area (Å²) in [6.07, 6.45) is 1.23. The second kappa shape index (κ2) is 10.6. The normalized spacial score (nSPS) is 10.9. The van der Waals surface area contributed by atoms with Gasteiger partial charge in [0.05, 0.1) is 9.95 Å². The standard InChI is InChI=1S/C23H14Cl2FN3O4/c24-17-9-15(22(21(25)10-17)33-13-14-3-1-4-18(26)7-14)8-16(12-27)23(30)28-19-5-2-6-20(11-19)29(31)32/h1-11H,13H2,(H,28,30)/b16-8+. The number of carbonyl (C=O) groups excluding carboxylic acids is 1. The monoisotopic (exact) mass is 485 g/mol. The fourth-order valence-electron chi connectivity index (χ4n) is 2.82. The van der Waals surface area contributed by atoms with Gasteiger partial charge in [-0.2, -0.15) is 5.26 Å². The van der Waals surface area contributed by atoms with Gasteiger partial charge in [0.15, 0.2) is 0 Å². The Morgan fingerprint density at radius 1 is 1.18 bits per heavy atom. The lowest BCUT2D eigenvalue weighted by atomic mass is 10.1. The molecule has 0 aliphatic rings. The van der Waals surface area contributed by atoms with Gasteiger partial charge in [-0.3, -0.25) is 14.9 Å². The summed E-state index contributed by atoms with van der Waals surface area (Å²) in [5.41, 5.74) is 0.386. The van der Waals surface area contributed by atoms with Gasteiger partial charge in [-0.15, -0.1) is 0 Å². The van der Waals surface area contributed by atoms with Crippen LogP contribution in [0.1, 0.15) is 11.1 Å². The molecule has 0 aliphatic carbocycles. The van der Waals surface area contributed by atoms with Crippen LogP contribution in [0.4, 0.5) is 15.8 Å². The quantitative estimate of drug-likeness (QED) is 0.186. The average Bonchev–Trinajstić information content (AvgIpc) is 2.76. The van der Waals surface area contributed by atoms with Crippen LogP contribution in [0.15, 0.2) is 66.2 Å². The van der Waals surface area contributed by atoms with E-state index in [0.717, 1.165) is 6.07 Å². The summed E-state index contributed by atoms with van der Waals surface area (Å²) >= 11 is 12.3. The number of benzene rings is 3. The van der Waals surface area contributed by atoms with Crippen molar-refractivity contribution in [2.24, 2.45) is 0 Å². The number of hydrogen-bond donors (Lipinski definition) is 1. The fourth-order valence-corrected chi connectivity index (χ4v) is 3.39. The Hall–Kier alpha value is -3.93. The Morgan fingerprint density at radius 2 is 1.94 bits per heavy atom. The van der Waals surface area contributed by atoms with Crippen molar-refractivity contribution in [1.82, 2.24) is 0 Å². The number of nitriles is 1. The Kier molecular flexibility index (Phi) is 7.61. The predicted molar refractivity (Wildman–Crippen MR) is 123 cm³/mol. The molecule has 1 amide bonds. The van der Waals surface area contributed by atoms with E-state index in [-0.39, 0.29) is 44.9 Å². The van der Waals surface area contributed by atoms with Crippen LogP contribution < -0.4 is 10.1 Å². The molecule has 0 aromatic heterocycles. The lowest BCUT2D eigenvalue weighted by Gasteiger charge is -2.13. The van der Waals surface area contributed by atoms with Crippen molar-refractivity contribution >= 4 is 46.6 Å². The SMILES string of the molecule is N#C/C(=C\c1cc(Cl)cc(Cl)c1OCc1cccc(F)c1)C(=O)Nc1cccc([N+](=O)[O-])c1. The van der Waals surface area contributed by atoms with Crippen molar-refractivity contribution < 1.29 is 18.8 Å². The molecule has 33 heavy (non-hydrogen) atoms. The van der Waals surface area contributed by atoms with Gasteiger partial charge in [-0.1, -0.05) is 41.4 Å². The minimum Gasteiger partial charge on any atom is -0.487 e. The van der Waals surface area contributed by atoms with E-state index in [9.17, 15) is 24.6 Å². The highest BCUT2D eigenvalue weighted by atomic mass is 35.5. The van der Waals surface area contributed by atoms with Gasteiger partial charge in [0.25, 0.3) is 11.6 Å². The van der Waals surface area contributed by atoms with E-state index >= 15 is 0 Å². The van der Waals surface area contributed by atoms with E-state index in [1.807, 2.05) is 0 Å². The molecule has 0 aliphatic heterocycles. The van der Waals surface area contributed by atoms with Crippen LogP contribution >= 0.6 is 23.2 Å². The molecule has 166 valence electrons. The van der Waals surface area contributed by atoms with Crippen molar-refractivity contribution in [1.29, 1.82) is 5.26 Å². The first-order valence-electron chi connectivity index (χ1n) is 9.30. The molecule has 0 unspecified atom stereocenters. The number of anilines is 1. The topological polar surface area (TPSA) is 105 Å². The maximum Gasteiger partial charge on any atom is 0.271 e. The number of nitro groups is 1. The van der Waals surface area contributed by atoms with E-state index in [2.05, 4.69) is 5.32 Å². The van der Waals surface area contributed by atoms with Crippen molar-refractivity contribution in [2.45, 2.75) is 6.61 Å². The van der Waals surface area contributed by atoms with Gasteiger partial charge in [-0.05, 0) is 42.0 Å². The fraction of sp³-hybridized carbons (Fsp3) is 0.0435. The van der Waals surface area contributed by atoms with E-state index in [1.54, 1.807) is 12.1 Å². The number of hydrogen-bond acceptors (Lipinski definition) is 5. The highest BCUT2D eigenvalue weighted by Crippen LogP contribution is 2.34. The first kappa shape index (κ1) is 23.7. The predicted octanol–water partition coefficient (Wildman–Crippen LogP) is 6.17. The van der Waals surface area contributed by atoms with Gasteiger partial charge < -0.3 is 10.1 Å². The Labute approximate surface area is 197 Å². The Bertz CT molecular complexity index is 1310. The largest absolute Gasteiger partial charge is 0.487 e. The highest BCUT2D eigenvalue weighted by Gasteiger charge is 2.16. The number of ether oxygens (including phenoxy) is 1. The molecular weight excluding hydrogens is 472 g/mol. The summed E-state index contributed by atoms with van der Waals surface area (Å²) in [7, 11) is 0. The lowest BCUT2D eigenvalue weighted by Crippen LogP contribution is -2.13. The Balaban J connectivity index is 1.89. The van der Waals surface area contributed by atoms with Crippen LogP contribution in [0.2, 0.25) is 10.0 Å². The second-order valence-electron chi connectivity index (χ2n) is 6.66. The van der Waals surface area contributed by atoms with E-state index in [0.29, 0.717) is 5.56 Å². The van der Waals surface area contributed by atoms with Gasteiger partial charge in [0.2, 0.25) is 0 Å². The first-order chi connectivity index (χ1) is 15.8. The molecule has 3 aromatic carbocycles. The van der Waals surface area contributed by atoms with Crippen molar-refractivity contribution in [2.75, 3.05) is 5.32 Å². The van der Waals surface area contributed by atoms with Crippen LogP contribution in [-0.2, 0) is 11.4 Å². The minimum absolute atomic E-state index is 0.0261. The molecule has 3 rings (SSSR count). The van der Waals surface area contributed by atoms with Gasteiger partial charge in [0.1, 0.15) is 29.8 Å². The zero-order valence-corrected chi connectivity index (χ0v) is 18.2. The smallest absolute Gasteiger partial charge is 0.271 e. The Morgan fingerprint density at radius 3 is 2.64 bits per heavy atom. The van der Waals surface area contributed by atoms with Crippen LogP contribution in [0.5, 0.6) is 5.75 Å². The molecule has 1 N–H and O–H groups in total. The lowest BCUT2D eigenvalue weighted by molar-refractivity contribution is -0.384. The first-order valence-corrected chi connectivity index (χ1v) is 10.1. The van der Waals surface area contributed by atoms with Crippen molar-refractivity contribution in [3.05, 3.63) is 103 Å². The maximum atomic E-state index is 13.4. The summed E-state index contributed by atoms with van der Waals surface area (Å²) < 4.78 is 19.2. The summed E-state index contributed by atoms with van der Waals surface area (Å²) in [6.45, 7) is -0.0261. The number of rotatable bonds is 7. The molecule has 10 heteroatoms. The summed E-state index contributed by atoms with van der Waals surface area (Å²) in [4.78, 5) is 22.9. The molecule has 0 fully saturated rings. The molecule has 0 saturated heterocycles. The number of halogens is 3. The molecular formula is C23H14Cl2FN3O4. The summed E-state index contributed by atoms with van der Waals surface area (Å²) in [6, 6.07) is 15.7. The third-order valence-electron chi connectivity index (χ3n) is 4.29. The zero-order chi connectivity index (χ0) is 24.0. The minimum atomic E-state index is -0.801. The van der Waals surface area contributed by atoms with Gasteiger partial charge >= 0.3 is 0 Å². The van der Waals surface area contributed by atoms with Crippen LogP contribution in [0, 0.1) is 27.3 Å². The second-order valence-corrected chi connectivity index (χ2v) is 7.50. The number of non-ortho nitro benzene ring substituents is 1. The maximum absolute atomic E-state index is 13.4.